The first-order valence-corrected chi connectivity index (χ1v) is 13.7. The molecule has 6 N–H and O–H groups in total. The van der Waals surface area contributed by atoms with Gasteiger partial charge in [-0.05, 0) is 78.6 Å². The van der Waals surface area contributed by atoms with E-state index in [0.29, 0.717) is 35.5 Å². The molecule has 0 saturated carbocycles. The van der Waals surface area contributed by atoms with Crippen LogP contribution in [0.25, 0.3) is 0 Å². The van der Waals surface area contributed by atoms with Crippen molar-refractivity contribution in [2.24, 2.45) is 11.8 Å². The first-order chi connectivity index (χ1) is 19.5. The van der Waals surface area contributed by atoms with Gasteiger partial charge in [0.15, 0.2) is 23.0 Å². The second kappa shape index (κ2) is 14.6. The number of aliphatic hydroxyl groups is 2. The molecule has 41 heavy (non-hydrogen) atoms. The molecule has 0 bridgehead atoms. The molecule has 0 aliphatic carbocycles. The summed E-state index contributed by atoms with van der Waals surface area (Å²) in [5.41, 5.74) is 2.26. The van der Waals surface area contributed by atoms with Crippen molar-refractivity contribution >= 4 is 5.78 Å². The van der Waals surface area contributed by atoms with Crippen LogP contribution in [-0.2, 0) is 30.7 Å². The van der Waals surface area contributed by atoms with Crippen LogP contribution in [0, 0.1) is 11.8 Å². The lowest BCUT2D eigenvalue weighted by Gasteiger charge is -2.24. The predicted molar refractivity (Wildman–Crippen MR) is 154 cm³/mol. The molecule has 0 aromatic heterocycles. The number of hydrogen-bond donors (Lipinski definition) is 6. The highest BCUT2D eigenvalue weighted by Gasteiger charge is 2.28. The molecule has 0 saturated heterocycles. The molecular weight excluding hydrogens is 528 g/mol. The highest BCUT2D eigenvalue weighted by atomic mass is 16.5. The summed E-state index contributed by atoms with van der Waals surface area (Å²) in [4.78, 5) is 13.6. The van der Waals surface area contributed by atoms with Gasteiger partial charge in [-0.3, -0.25) is 4.79 Å². The standard InChI is InChI=1S/C32H40O9/c1-19(2)18-41-31-15-21(13-29(38)32(31)39)9-11-27(36)23(16-22-5-4-6-25(34)24(22)17-33)26(35)10-7-20-8-12-28(37)30(14-20)40-3/h4-6,8,12-15,19,23,26,33-35,37-39H,7,9-11,16-18H2,1-3H3. The molecule has 9 heteroatoms. The third-order valence-corrected chi connectivity index (χ3v) is 7.04. The van der Waals surface area contributed by atoms with Crippen molar-refractivity contribution in [3.05, 3.63) is 70.8 Å². The largest absolute Gasteiger partial charge is 0.508 e. The summed E-state index contributed by atoms with van der Waals surface area (Å²) in [5, 5.41) is 61.5. The fraction of sp³-hybridized carbons (Fsp3) is 0.406. The van der Waals surface area contributed by atoms with E-state index in [1.165, 1.54) is 25.3 Å². The van der Waals surface area contributed by atoms with Gasteiger partial charge in [0.1, 0.15) is 11.5 Å². The molecule has 222 valence electrons. The van der Waals surface area contributed by atoms with E-state index in [4.69, 9.17) is 9.47 Å². The van der Waals surface area contributed by atoms with E-state index in [2.05, 4.69) is 0 Å². The van der Waals surface area contributed by atoms with Crippen molar-refractivity contribution in [2.45, 2.75) is 58.7 Å². The Morgan fingerprint density at radius 1 is 0.878 bits per heavy atom. The number of Topliss-reactive ketones (excluding diaryl/α,β-unsaturated/α-hetero) is 1. The fourth-order valence-electron chi connectivity index (χ4n) is 4.70. The van der Waals surface area contributed by atoms with Crippen LogP contribution in [0.15, 0.2) is 48.5 Å². The zero-order valence-electron chi connectivity index (χ0n) is 23.7. The molecule has 3 rings (SSSR count). The van der Waals surface area contributed by atoms with Crippen molar-refractivity contribution in [3.8, 4) is 34.5 Å². The SMILES string of the molecule is COc1cc(CCC(O)C(Cc2cccc(O)c2CO)C(=O)CCc2cc(O)c(O)c(OCC(C)C)c2)ccc1O. The molecule has 0 aliphatic heterocycles. The predicted octanol–water partition coefficient (Wildman–Crippen LogP) is 4.40. The maximum atomic E-state index is 13.6. The quantitative estimate of drug-likeness (QED) is 0.146. The van der Waals surface area contributed by atoms with E-state index < -0.39 is 18.6 Å². The summed E-state index contributed by atoms with van der Waals surface area (Å²) in [5.74, 6) is -1.22. The van der Waals surface area contributed by atoms with Crippen LogP contribution >= 0.6 is 0 Å². The molecular formula is C32H40O9. The van der Waals surface area contributed by atoms with Gasteiger partial charge in [-0.15, -0.1) is 0 Å². The molecule has 0 amide bonds. The van der Waals surface area contributed by atoms with Gasteiger partial charge in [-0.25, -0.2) is 0 Å². The van der Waals surface area contributed by atoms with Crippen LogP contribution in [0.4, 0.5) is 0 Å². The first-order valence-electron chi connectivity index (χ1n) is 13.7. The van der Waals surface area contributed by atoms with Crippen molar-refractivity contribution in [1.29, 1.82) is 0 Å². The topological polar surface area (TPSA) is 157 Å². The number of rotatable bonds is 15. The zero-order chi connectivity index (χ0) is 30.1. The number of carbonyl (C=O) groups excluding carboxylic acids is 1. The van der Waals surface area contributed by atoms with E-state index in [9.17, 15) is 35.4 Å². The van der Waals surface area contributed by atoms with Crippen molar-refractivity contribution < 1.29 is 44.9 Å². The van der Waals surface area contributed by atoms with Gasteiger partial charge in [-0.1, -0.05) is 32.0 Å². The Hall–Kier alpha value is -3.95. The number of phenolic OH excluding ortho intramolecular Hbond substituents is 3. The van der Waals surface area contributed by atoms with Gasteiger partial charge in [0.05, 0.1) is 26.4 Å². The van der Waals surface area contributed by atoms with Gasteiger partial charge >= 0.3 is 0 Å². The molecule has 0 heterocycles. The molecule has 0 spiro atoms. The molecule has 3 aromatic carbocycles. The van der Waals surface area contributed by atoms with Gasteiger partial charge in [-0.2, -0.15) is 0 Å². The highest BCUT2D eigenvalue weighted by molar-refractivity contribution is 5.82. The summed E-state index contributed by atoms with van der Waals surface area (Å²) in [6.45, 7) is 3.83. The normalized spacial score (nSPS) is 12.7. The summed E-state index contributed by atoms with van der Waals surface area (Å²) >= 11 is 0. The van der Waals surface area contributed by atoms with E-state index >= 15 is 0 Å². The van der Waals surface area contributed by atoms with Gasteiger partial charge in [0.25, 0.3) is 0 Å². The Morgan fingerprint density at radius 2 is 1.61 bits per heavy atom. The Kier molecular flexibility index (Phi) is 11.3. The van der Waals surface area contributed by atoms with E-state index in [1.54, 1.807) is 30.3 Å². The third-order valence-electron chi connectivity index (χ3n) is 7.04. The average molecular weight is 569 g/mol. The van der Waals surface area contributed by atoms with Crippen molar-refractivity contribution in [1.82, 2.24) is 0 Å². The number of benzene rings is 3. The average Bonchev–Trinajstić information content (AvgIpc) is 2.94. The summed E-state index contributed by atoms with van der Waals surface area (Å²) in [6, 6.07) is 12.7. The molecule has 9 nitrogen and oxygen atoms in total. The Morgan fingerprint density at radius 3 is 2.29 bits per heavy atom. The lowest BCUT2D eigenvalue weighted by molar-refractivity contribution is -0.126. The number of hydrogen-bond acceptors (Lipinski definition) is 9. The molecule has 2 unspecified atom stereocenters. The summed E-state index contributed by atoms with van der Waals surface area (Å²) in [7, 11) is 1.45. The van der Waals surface area contributed by atoms with E-state index in [-0.39, 0.29) is 66.1 Å². The Bertz CT molecular complexity index is 1320. The van der Waals surface area contributed by atoms with Crippen LogP contribution in [0.3, 0.4) is 0 Å². The van der Waals surface area contributed by atoms with Crippen molar-refractivity contribution in [3.63, 3.8) is 0 Å². The summed E-state index contributed by atoms with van der Waals surface area (Å²) < 4.78 is 10.8. The van der Waals surface area contributed by atoms with Gasteiger partial charge in [0.2, 0.25) is 5.75 Å². The third kappa shape index (κ3) is 8.52. The Balaban J connectivity index is 1.80. The lowest BCUT2D eigenvalue weighted by atomic mass is 9.84. The number of aliphatic hydroxyl groups excluding tert-OH is 2. The minimum Gasteiger partial charge on any atom is -0.508 e. The van der Waals surface area contributed by atoms with Crippen LogP contribution in [0.2, 0.25) is 0 Å². The number of aryl methyl sites for hydroxylation is 2. The van der Waals surface area contributed by atoms with E-state index in [0.717, 1.165) is 5.56 Å². The summed E-state index contributed by atoms with van der Waals surface area (Å²) in [6.07, 6.45) is -0.0188. The van der Waals surface area contributed by atoms with Crippen LogP contribution in [0.1, 0.15) is 48.9 Å². The molecule has 2 atom stereocenters. The second-order valence-electron chi connectivity index (χ2n) is 10.6. The second-order valence-corrected chi connectivity index (χ2v) is 10.6. The number of methoxy groups -OCH3 is 1. The van der Waals surface area contributed by atoms with Gasteiger partial charge < -0.3 is 40.1 Å². The lowest BCUT2D eigenvalue weighted by Crippen LogP contribution is -2.31. The number of carbonyl (C=O) groups is 1. The van der Waals surface area contributed by atoms with Crippen LogP contribution < -0.4 is 9.47 Å². The smallest absolute Gasteiger partial charge is 0.200 e. The highest BCUT2D eigenvalue weighted by Crippen LogP contribution is 2.37. The minimum atomic E-state index is -1.05. The zero-order valence-corrected chi connectivity index (χ0v) is 23.7. The maximum absolute atomic E-state index is 13.6. The van der Waals surface area contributed by atoms with Crippen LogP contribution in [-0.4, -0.2) is 56.2 Å². The van der Waals surface area contributed by atoms with Gasteiger partial charge in [0, 0.05) is 17.9 Å². The maximum Gasteiger partial charge on any atom is 0.200 e. The van der Waals surface area contributed by atoms with E-state index in [1.807, 2.05) is 13.8 Å². The number of ether oxygens (including phenoxy) is 2. The van der Waals surface area contributed by atoms with Crippen molar-refractivity contribution in [2.75, 3.05) is 13.7 Å². The number of phenols is 4. The fourth-order valence-corrected chi connectivity index (χ4v) is 4.70. The number of ketones is 1. The minimum absolute atomic E-state index is 0.00306. The first kappa shape index (κ1) is 31.6. The molecule has 0 radical (unpaired) electrons. The molecule has 3 aromatic rings. The monoisotopic (exact) mass is 568 g/mol. The molecule has 0 aliphatic rings. The Labute approximate surface area is 240 Å². The van der Waals surface area contributed by atoms with Crippen LogP contribution in [0.5, 0.6) is 34.5 Å². The molecule has 0 fully saturated rings. The number of aromatic hydroxyl groups is 4.